The smallest absolute Gasteiger partial charge is 0.146 e. The number of hydrogen-bond acceptors (Lipinski definition) is 2. The van der Waals surface area contributed by atoms with Gasteiger partial charge in [-0.2, -0.15) is 0 Å². The predicted molar refractivity (Wildman–Crippen MR) is 56.6 cm³/mol. The highest BCUT2D eigenvalue weighted by atomic mass is 16.1. The molecule has 13 heavy (non-hydrogen) atoms. The molecule has 2 N–H and O–H groups in total. The molecule has 2 atom stereocenters. The van der Waals surface area contributed by atoms with Gasteiger partial charge in [0.05, 0.1) is 6.04 Å². The number of ketones is 1. The van der Waals surface area contributed by atoms with Crippen LogP contribution in [0.15, 0.2) is 0 Å². The number of carbonyl (C=O) groups excluding carboxylic acids is 1. The van der Waals surface area contributed by atoms with E-state index in [1.165, 1.54) is 25.7 Å². The molecule has 2 heteroatoms. The van der Waals surface area contributed by atoms with Crippen molar-refractivity contribution in [2.75, 3.05) is 0 Å². The fourth-order valence-electron chi connectivity index (χ4n) is 1.47. The van der Waals surface area contributed by atoms with Crippen molar-refractivity contribution in [3.63, 3.8) is 0 Å². The van der Waals surface area contributed by atoms with E-state index < -0.39 is 0 Å². The molecule has 2 nitrogen and oxygen atoms in total. The predicted octanol–water partition coefficient (Wildman–Crippen LogP) is 2.51. The molecule has 0 aromatic carbocycles. The Labute approximate surface area is 81.9 Å². The molecule has 0 aliphatic heterocycles. The maximum atomic E-state index is 10.9. The van der Waals surface area contributed by atoms with Gasteiger partial charge < -0.3 is 5.73 Å². The molecule has 0 fully saturated rings. The van der Waals surface area contributed by atoms with Crippen LogP contribution in [0.4, 0.5) is 0 Å². The van der Waals surface area contributed by atoms with Crippen LogP contribution in [0.2, 0.25) is 0 Å². The van der Waals surface area contributed by atoms with E-state index in [1.54, 1.807) is 6.92 Å². The van der Waals surface area contributed by atoms with Gasteiger partial charge in [-0.05, 0) is 19.3 Å². The summed E-state index contributed by atoms with van der Waals surface area (Å²) in [5.41, 5.74) is 5.73. The lowest BCUT2D eigenvalue weighted by Gasteiger charge is -2.16. The number of nitrogens with two attached hydrogens (primary N) is 1. The second-order valence-corrected chi connectivity index (χ2v) is 3.96. The molecule has 0 bridgehead atoms. The van der Waals surface area contributed by atoms with Crippen LogP contribution in [-0.4, -0.2) is 11.8 Å². The zero-order valence-electron chi connectivity index (χ0n) is 9.18. The summed E-state index contributed by atoms with van der Waals surface area (Å²) in [6.07, 6.45) is 6.11. The third-order valence-corrected chi connectivity index (χ3v) is 2.60. The van der Waals surface area contributed by atoms with Gasteiger partial charge in [-0.25, -0.2) is 0 Å². The molecule has 0 radical (unpaired) electrons. The monoisotopic (exact) mass is 185 g/mol. The van der Waals surface area contributed by atoms with Gasteiger partial charge >= 0.3 is 0 Å². The minimum atomic E-state index is -0.248. The largest absolute Gasteiger partial charge is 0.321 e. The maximum Gasteiger partial charge on any atom is 0.146 e. The third kappa shape index (κ3) is 5.81. The first-order chi connectivity index (χ1) is 6.09. The maximum absolute atomic E-state index is 10.9. The summed E-state index contributed by atoms with van der Waals surface area (Å²) in [6, 6.07) is -0.248. The number of rotatable bonds is 7. The highest BCUT2D eigenvalue weighted by molar-refractivity contribution is 5.81. The van der Waals surface area contributed by atoms with E-state index in [1.807, 2.05) is 0 Å². The Hall–Kier alpha value is -0.370. The number of hydrogen-bond donors (Lipinski definition) is 1. The normalized spacial score (nSPS) is 15.4. The van der Waals surface area contributed by atoms with Crippen molar-refractivity contribution in [2.24, 2.45) is 11.7 Å². The first-order valence-electron chi connectivity index (χ1n) is 5.35. The van der Waals surface area contributed by atoms with Crippen molar-refractivity contribution in [1.29, 1.82) is 0 Å². The number of unbranched alkanes of at least 4 members (excludes halogenated alkanes) is 3. The lowest BCUT2D eigenvalue weighted by Crippen LogP contribution is -2.35. The minimum Gasteiger partial charge on any atom is -0.321 e. The van der Waals surface area contributed by atoms with Crippen molar-refractivity contribution >= 4 is 5.78 Å². The van der Waals surface area contributed by atoms with Crippen LogP contribution in [-0.2, 0) is 4.79 Å². The first-order valence-corrected chi connectivity index (χ1v) is 5.35. The molecule has 0 amide bonds. The highest BCUT2D eigenvalue weighted by Crippen LogP contribution is 2.13. The topological polar surface area (TPSA) is 43.1 Å². The molecule has 0 rings (SSSR count). The Bertz CT molecular complexity index is 145. The molecule has 0 aromatic heterocycles. The highest BCUT2D eigenvalue weighted by Gasteiger charge is 2.15. The molecule has 0 aliphatic rings. The Balaban J connectivity index is 3.50. The summed E-state index contributed by atoms with van der Waals surface area (Å²) >= 11 is 0. The van der Waals surface area contributed by atoms with Crippen LogP contribution < -0.4 is 5.73 Å². The fraction of sp³-hybridized carbons (Fsp3) is 0.909. The van der Waals surface area contributed by atoms with Gasteiger partial charge in [0, 0.05) is 0 Å². The lowest BCUT2D eigenvalue weighted by molar-refractivity contribution is -0.119. The van der Waals surface area contributed by atoms with Crippen molar-refractivity contribution in [3.8, 4) is 0 Å². The molecule has 0 spiro atoms. The lowest BCUT2D eigenvalue weighted by atomic mass is 9.93. The third-order valence-electron chi connectivity index (χ3n) is 2.60. The van der Waals surface area contributed by atoms with E-state index in [0.717, 1.165) is 6.42 Å². The summed E-state index contributed by atoms with van der Waals surface area (Å²) in [5, 5.41) is 0. The molecule has 78 valence electrons. The zero-order chi connectivity index (χ0) is 10.3. The SMILES string of the molecule is CCCCCCC(C)C(N)C(C)=O. The Morgan fingerprint density at radius 2 is 1.92 bits per heavy atom. The second-order valence-electron chi connectivity index (χ2n) is 3.96. The molecular formula is C11H23NO. The van der Waals surface area contributed by atoms with Crippen molar-refractivity contribution in [2.45, 2.75) is 58.9 Å². The summed E-state index contributed by atoms with van der Waals surface area (Å²) in [7, 11) is 0. The zero-order valence-corrected chi connectivity index (χ0v) is 9.18. The van der Waals surface area contributed by atoms with E-state index in [4.69, 9.17) is 5.73 Å². The molecule has 0 saturated carbocycles. The molecule has 0 aliphatic carbocycles. The standard InChI is InChI=1S/C11H23NO/c1-4-5-6-7-8-9(2)11(12)10(3)13/h9,11H,4-8,12H2,1-3H3. The van der Waals surface area contributed by atoms with E-state index >= 15 is 0 Å². The van der Waals surface area contributed by atoms with Gasteiger partial charge in [-0.1, -0.05) is 39.5 Å². The van der Waals surface area contributed by atoms with Crippen LogP contribution in [0.1, 0.15) is 52.9 Å². The molecule has 0 aromatic rings. The molecule has 0 heterocycles. The molecule has 2 unspecified atom stereocenters. The van der Waals surface area contributed by atoms with Crippen LogP contribution in [0.25, 0.3) is 0 Å². The van der Waals surface area contributed by atoms with E-state index in [0.29, 0.717) is 5.92 Å². The Morgan fingerprint density at radius 3 is 2.38 bits per heavy atom. The van der Waals surface area contributed by atoms with Crippen molar-refractivity contribution in [1.82, 2.24) is 0 Å². The van der Waals surface area contributed by atoms with Crippen molar-refractivity contribution in [3.05, 3.63) is 0 Å². The van der Waals surface area contributed by atoms with Crippen molar-refractivity contribution < 1.29 is 4.79 Å². The minimum absolute atomic E-state index is 0.114. The van der Waals surface area contributed by atoms with Gasteiger partial charge in [0.25, 0.3) is 0 Å². The number of Topliss-reactive ketones (excluding diaryl/α,β-unsaturated/α-hetero) is 1. The van der Waals surface area contributed by atoms with Gasteiger partial charge in [0.1, 0.15) is 5.78 Å². The first kappa shape index (κ1) is 12.6. The number of carbonyl (C=O) groups is 1. The van der Waals surface area contributed by atoms with E-state index in [9.17, 15) is 4.79 Å². The summed E-state index contributed by atoms with van der Waals surface area (Å²) in [4.78, 5) is 10.9. The fourth-order valence-corrected chi connectivity index (χ4v) is 1.47. The Morgan fingerprint density at radius 1 is 1.31 bits per heavy atom. The summed E-state index contributed by atoms with van der Waals surface area (Å²) < 4.78 is 0. The molecular weight excluding hydrogens is 162 g/mol. The van der Waals surface area contributed by atoms with Crippen LogP contribution in [0.5, 0.6) is 0 Å². The van der Waals surface area contributed by atoms with E-state index in [2.05, 4.69) is 13.8 Å². The average Bonchev–Trinajstić information content (AvgIpc) is 2.10. The van der Waals surface area contributed by atoms with Crippen LogP contribution in [0, 0.1) is 5.92 Å². The second kappa shape index (κ2) is 7.07. The van der Waals surface area contributed by atoms with Crippen LogP contribution >= 0.6 is 0 Å². The van der Waals surface area contributed by atoms with Gasteiger partial charge in [-0.15, -0.1) is 0 Å². The molecule has 0 saturated heterocycles. The van der Waals surface area contributed by atoms with Gasteiger partial charge in [-0.3, -0.25) is 4.79 Å². The van der Waals surface area contributed by atoms with Crippen LogP contribution in [0.3, 0.4) is 0 Å². The summed E-state index contributed by atoms with van der Waals surface area (Å²) in [6.45, 7) is 5.84. The van der Waals surface area contributed by atoms with Gasteiger partial charge in [0.15, 0.2) is 0 Å². The summed E-state index contributed by atoms with van der Waals surface area (Å²) in [5.74, 6) is 0.456. The average molecular weight is 185 g/mol. The van der Waals surface area contributed by atoms with Gasteiger partial charge in [0.2, 0.25) is 0 Å². The van der Waals surface area contributed by atoms with E-state index in [-0.39, 0.29) is 11.8 Å². The quantitative estimate of drug-likeness (QED) is 0.619. The Kier molecular flexibility index (Phi) is 6.87.